The van der Waals surface area contributed by atoms with Crippen LogP contribution in [0.25, 0.3) is 0 Å². The van der Waals surface area contributed by atoms with Crippen LogP contribution >= 0.6 is 0 Å². The molecular formula is C18H25FN2O3. The van der Waals surface area contributed by atoms with E-state index in [0.717, 1.165) is 12.8 Å². The minimum absolute atomic E-state index is 0.0502. The maximum Gasteiger partial charge on any atom is 0.253 e. The van der Waals surface area contributed by atoms with E-state index in [1.165, 1.54) is 24.3 Å². The van der Waals surface area contributed by atoms with Crippen LogP contribution in [0.1, 0.15) is 36.5 Å². The third-order valence-electron chi connectivity index (χ3n) is 4.68. The summed E-state index contributed by atoms with van der Waals surface area (Å²) in [5.74, 6) is 0.0158. The van der Waals surface area contributed by atoms with E-state index in [9.17, 15) is 14.0 Å². The van der Waals surface area contributed by atoms with Gasteiger partial charge in [0.05, 0.1) is 6.61 Å². The lowest BCUT2D eigenvalue weighted by molar-refractivity contribution is -0.123. The molecule has 2 rings (SSSR count). The summed E-state index contributed by atoms with van der Waals surface area (Å²) in [6.07, 6.45) is 2.10. The number of aliphatic hydroxyl groups is 1. The summed E-state index contributed by atoms with van der Waals surface area (Å²) in [4.78, 5) is 26.2. The van der Waals surface area contributed by atoms with Crippen LogP contribution in [0.3, 0.4) is 0 Å². The van der Waals surface area contributed by atoms with Crippen LogP contribution in [0, 0.1) is 17.7 Å². The van der Waals surface area contributed by atoms with E-state index < -0.39 is 0 Å². The SMILES string of the molecule is CCC1CN(C(=O)c2ccc(F)cc2)CCC1CC(=O)NCCO. The Morgan fingerprint density at radius 1 is 1.29 bits per heavy atom. The number of aliphatic hydroxyl groups excluding tert-OH is 1. The second kappa shape index (κ2) is 8.78. The second-order valence-electron chi connectivity index (χ2n) is 6.25. The molecule has 2 unspecified atom stereocenters. The molecule has 5 nitrogen and oxygen atoms in total. The predicted molar refractivity (Wildman–Crippen MR) is 88.9 cm³/mol. The fraction of sp³-hybridized carbons (Fsp3) is 0.556. The van der Waals surface area contributed by atoms with Crippen LogP contribution in [0.15, 0.2) is 24.3 Å². The number of piperidine rings is 1. The zero-order valence-electron chi connectivity index (χ0n) is 14.0. The first-order valence-corrected chi connectivity index (χ1v) is 8.47. The molecule has 1 fully saturated rings. The molecule has 24 heavy (non-hydrogen) atoms. The number of benzene rings is 1. The average molecular weight is 336 g/mol. The number of likely N-dealkylation sites (tertiary alicyclic amines) is 1. The molecule has 1 saturated heterocycles. The Labute approximate surface area is 141 Å². The van der Waals surface area contributed by atoms with Gasteiger partial charge in [0.2, 0.25) is 5.91 Å². The third kappa shape index (κ3) is 4.77. The molecule has 0 saturated carbocycles. The molecule has 1 heterocycles. The Morgan fingerprint density at radius 2 is 2.00 bits per heavy atom. The van der Waals surface area contributed by atoms with Crippen LogP contribution in [0.5, 0.6) is 0 Å². The number of nitrogens with one attached hydrogen (secondary N) is 1. The van der Waals surface area contributed by atoms with Crippen molar-refractivity contribution in [2.75, 3.05) is 26.2 Å². The highest BCUT2D eigenvalue weighted by Gasteiger charge is 2.31. The van der Waals surface area contributed by atoms with Crippen molar-refractivity contribution >= 4 is 11.8 Å². The van der Waals surface area contributed by atoms with Crippen molar-refractivity contribution in [2.45, 2.75) is 26.2 Å². The predicted octanol–water partition coefficient (Wildman–Crippen LogP) is 1.81. The van der Waals surface area contributed by atoms with Gasteiger partial charge in [0, 0.05) is 31.6 Å². The quantitative estimate of drug-likeness (QED) is 0.832. The molecule has 6 heteroatoms. The van der Waals surface area contributed by atoms with Gasteiger partial charge in [0.1, 0.15) is 5.82 Å². The van der Waals surface area contributed by atoms with Crippen molar-refractivity contribution in [1.29, 1.82) is 0 Å². The van der Waals surface area contributed by atoms with Crippen molar-refractivity contribution in [3.05, 3.63) is 35.6 Å². The van der Waals surface area contributed by atoms with Gasteiger partial charge in [-0.3, -0.25) is 9.59 Å². The zero-order chi connectivity index (χ0) is 17.5. The summed E-state index contributed by atoms with van der Waals surface area (Å²) in [5, 5.41) is 11.4. The van der Waals surface area contributed by atoms with E-state index in [2.05, 4.69) is 12.2 Å². The van der Waals surface area contributed by atoms with Crippen molar-refractivity contribution in [2.24, 2.45) is 11.8 Å². The smallest absolute Gasteiger partial charge is 0.253 e. The largest absolute Gasteiger partial charge is 0.395 e. The standard InChI is InChI=1S/C18H25FN2O3/c1-2-13-12-21(18(24)14-3-5-16(19)6-4-14)9-7-15(13)11-17(23)20-8-10-22/h3-6,13,15,22H,2,7-12H2,1H3,(H,20,23). The van der Waals surface area contributed by atoms with Crippen LogP contribution in [-0.4, -0.2) is 48.1 Å². The molecule has 2 amide bonds. The highest BCUT2D eigenvalue weighted by atomic mass is 19.1. The molecule has 1 aliphatic rings. The van der Waals surface area contributed by atoms with Gasteiger partial charge < -0.3 is 15.3 Å². The second-order valence-corrected chi connectivity index (χ2v) is 6.25. The Balaban J connectivity index is 1.95. The Hall–Kier alpha value is -1.95. The molecule has 0 radical (unpaired) electrons. The van der Waals surface area contributed by atoms with Gasteiger partial charge in [0.15, 0.2) is 0 Å². The topological polar surface area (TPSA) is 69.6 Å². The summed E-state index contributed by atoms with van der Waals surface area (Å²) in [6, 6.07) is 5.60. The minimum atomic E-state index is -0.356. The molecule has 0 aromatic heterocycles. The van der Waals surface area contributed by atoms with E-state index in [4.69, 9.17) is 5.11 Å². The average Bonchev–Trinajstić information content (AvgIpc) is 2.60. The monoisotopic (exact) mass is 336 g/mol. The van der Waals surface area contributed by atoms with Crippen LogP contribution in [0.4, 0.5) is 4.39 Å². The number of rotatable bonds is 6. The molecule has 132 valence electrons. The van der Waals surface area contributed by atoms with Crippen LogP contribution in [0.2, 0.25) is 0 Å². The van der Waals surface area contributed by atoms with E-state index in [1.54, 1.807) is 4.90 Å². The molecule has 0 bridgehead atoms. The molecule has 2 atom stereocenters. The normalized spacial score (nSPS) is 20.7. The summed E-state index contributed by atoms with van der Waals surface area (Å²) in [6.45, 7) is 3.50. The number of carbonyl (C=O) groups is 2. The van der Waals surface area contributed by atoms with Gasteiger partial charge in [-0.15, -0.1) is 0 Å². The maximum atomic E-state index is 13.0. The van der Waals surface area contributed by atoms with Gasteiger partial charge in [-0.1, -0.05) is 13.3 Å². The number of amides is 2. The maximum absolute atomic E-state index is 13.0. The van der Waals surface area contributed by atoms with E-state index in [0.29, 0.717) is 25.1 Å². The van der Waals surface area contributed by atoms with Crippen molar-refractivity contribution in [3.63, 3.8) is 0 Å². The van der Waals surface area contributed by atoms with E-state index in [1.807, 2.05) is 0 Å². The zero-order valence-corrected chi connectivity index (χ0v) is 14.0. The summed E-state index contributed by atoms with van der Waals surface area (Å²) in [5.41, 5.74) is 0.491. The summed E-state index contributed by atoms with van der Waals surface area (Å²) in [7, 11) is 0. The van der Waals surface area contributed by atoms with Crippen molar-refractivity contribution in [3.8, 4) is 0 Å². The van der Waals surface area contributed by atoms with Gasteiger partial charge in [-0.25, -0.2) is 4.39 Å². The summed E-state index contributed by atoms with van der Waals surface area (Å²) < 4.78 is 13.0. The Kier molecular flexibility index (Phi) is 6.73. The highest BCUT2D eigenvalue weighted by Crippen LogP contribution is 2.29. The fourth-order valence-corrected chi connectivity index (χ4v) is 3.28. The number of carbonyl (C=O) groups excluding carboxylic acids is 2. The Bertz CT molecular complexity index is 562. The first-order valence-electron chi connectivity index (χ1n) is 8.47. The van der Waals surface area contributed by atoms with Gasteiger partial charge in [-0.05, 0) is 42.5 Å². The lowest BCUT2D eigenvalue weighted by Gasteiger charge is -2.38. The first-order chi connectivity index (χ1) is 11.5. The van der Waals surface area contributed by atoms with Crippen molar-refractivity contribution < 1.29 is 19.1 Å². The van der Waals surface area contributed by atoms with E-state index >= 15 is 0 Å². The van der Waals surface area contributed by atoms with E-state index in [-0.39, 0.29) is 42.6 Å². The molecular weight excluding hydrogens is 311 g/mol. The molecule has 1 aliphatic heterocycles. The molecule has 2 N–H and O–H groups in total. The van der Waals surface area contributed by atoms with Crippen LogP contribution < -0.4 is 5.32 Å². The number of halogens is 1. The lowest BCUT2D eigenvalue weighted by atomic mass is 9.81. The first kappa shape index (κ1) is 18.4. The number of hydrogen-bond acceptors (Lipinski definition) is 3. The molecule has 1 aromatic rings. The van der Waals surface area contributed by atoms with Crippen LogP contribution in [-0.2, 0) is 4.79 Å². The van der Waals surface area contributed by atoms with Gasteiger partial charge in [0.25, 0.3) is 5.91 Å². The Morgan fingerprint density at radius 3 is 2.62 bits per heavy atom. The molecule has 0 spiro atoms. The number of nitrogens with zero attached hydrogens (tertiary/aromatic N) is 1. The lowest BCUT2D eigenvalue weighted by Crippen LogP contribution is -2.45. The molecule has 1 aromatic carbocycles. The number of hydrogen-bond donors (Lipinski definition) is 2. The fourth-order valence-electron chi connectivity index (χ4n) is 3.28. The van der Waals surface area contributed by atoms with Gasteiger partial charge in [-0.2, -0.15) is 0 Å². The van der Waals surface area contributed by atoms with Crippen molar-refractivity contribution in [1.82, 2.24) is 10.2 Å². The third-order valence-corrected chi connectivity index (χ3v) is 4.68. The summed E-state index contributed by atoms with van der Waals surface area (Å²) >= 11 is 0. The minimum Gasteiger partial charge on any atom is -0.395 e. The van der Waals surface area contributed by atoms with Gasteiger partial charge >= 0.3 is 0 Å². The molecule has 0 aliphatic carbocycles. The highest BCUT2D eigenvalue weighted by molar-refractivity contribution is 5.94.